The third-order valence-electron chi connectivity index (χ3n) is 4.70. The predicted molar refractivity (Wildman–Crippen MR) is 118 cm³/mol. The van der Waals surface area contributed by atoms with Crippen molar-refractivity contribution in [3.8, 4) is 0 Å². The molecule has 0 aliphatic heterocycles. The van der Waals surface area contributed by atoms with E-state index in [9.17, 15) is 4.79 Å². The van der Waals surface area contributed by atoms with Crippen molar-refractivity contribution in [2.75, 3.05) is 5.32 Å². The maximum absolute atomic E-state index is 13.0. The van der Waals surface area contributed by atoms with Gasteiger partial charge in [-0.1, -0.05) is 30.0 Å². The first kappa shape index (κ1) is 19.8. The number of rotatable bonds is 6. The lowest BCUT2D eigenvalue weighted by Gasteiger charge is -2.11. The fourth-order valence-electron chi connectivity index (χ4n) is 2.98. The van der Waals surface area contributed by atoms with Crippen molar-refractivity contribution in [2.45, 2.75) is 30.3 Å². The van der Waals surface area contributed by atoms with Gasteiger partial charge in [0.05, 0.1) is 12.1 Å². The first-order valence-corrected chi connectivity index (χ1v) is 10.3. The second-order valence-electron chi connectivity index (χ2n) is 6.95. The summed E-state index contributed by atoms with van der Waals surface area (Å²) in [5, 5.41) is 7.79. The fourth-order valence-corrected chi connectivity index (χ4v) is 3.96. The molecule has 0 unspecified atom stereocenters. The Bertz CT molecular complexity index is 1170. The number of nitrogens with one attached hydrogen (secondary N) is 1. The van der Waals surface area contributed by atoms with E-state index in [1.807, 2.05) is 24.3 Å². The number of carbonyl (C=O) groups is 1. The second kappa shape index (κ2) is 8.92. The van der Waals surface area contributed by atoms with Gasteiger partial charge >= 0.3 is 0 Å². The van der Waals surface area contributed by atoms with Gasteiger partial charge in [0.1, 0.15) is 17.7 Å². The predicted octanol–water partition coefficient (Wildman–Crippen LogP) is 4.74. The maximum atomic E-state index is 13.0. The topological polar surface area (TPSA) is 72.7 Å². The van der Waals surface area contributed by atoms with Gasteiger partial charge in [0, 0.05) is 16.8 Å². The van der Waals surface area contributed by atoms with Crippen LogP contribution in [0.5, 0.6) is 0 Å². The summed E-state index contributed by atoms with van der Waals surface area (Å²) in [7, 11) is 0. The molecule has 1 amide bonds. The van der Waals surface area contributed by atoms with Gasteiger partial charge in [-0.05, 0) is 66.9 Å². The van der Waals surface area contributed by atoms with Crippen LogP contribution in [0.4, 0.5) is 5.69 Å². The highest BCUT2D eigenvalue weighted by atomic mass is 32.2. The number of nitrogens with zero attached hydrogens (tertiary/aromatic N) is 4. The molecule has 0 fully saturated rings. The van der Waals surface area contributed by atoms with Crippen molar-refractivity contribution in [2.24, 2.45) is 0 Å². The van der Waals surface area contributed by atoms with Gasteiger partial charge in [-0.25, -0.2) is 14.6 Å². The quantitative estimate of drug-likeness (QED) is 0.492. The Balaban J connectivity index is 1.52. The molecule has 2 heterocycles. The van der Waals surface area contributed by atoms with Gasteiger partial charge in [-0.15, -0.1) is 0 Å². The van der Waals surface area contributed by atoms with E-state index < -0.39 is 0 Å². The molecule has 0 saturated carbocycles. The van der Waals surface area contributed by atoms with Crippen LogP contribution < -0.4 is 5.32 Å². The number of hydrogen-bond acceptors (Lipinski definition) is 5. The van der Waals surface area contributed by atoms with Crippen LogP contribution in [-0.2, 0) is 6.54 Å². The van der Waals surface area contributed by atoms with Crippen molar-refractivity contribution in [3.63, 3.8) is 0 Å². The summed E-state index contributed by atoms with van der Waals surface area (Å²) in [5.74, 6) is -0.188. The Kier molecular flexibility index (Phi) is 5.90. The number of anilines is 1. The molecular weight excluding hydrogens is 394 g/mol. The summed E-state index contributed by atoms with van der Waals surface area (Å²) in [6.45, 7) is 4.75. The van der Waals surface area contributed by atoms with Crippen LogP contribution in [0.3, 0.4) is 0 Å². The summed E-state index contributed by atoms with van der Waals surface area (Å²) >= 11 is 1.49. The number of amides is 1. The molecular formula is C23H21N5OS. The van der Waals surface area contributed by atoms with Crippen LogP contribution in [-0.4, -0.2) is 25.7 Å². The van der Waals surface area contributed by atoms with Crippen LogP contribution in [0.25, 0.3) is 0 Å². The third kappa shape index (κ3) is 4.75. The van der Waals surface area contributed by atoms with E-state index in [1.54, 1.807) is 29.3 Å². The molecule has 0 radical (unpaired) electrons. The third-order valence-corrected chi connectivity index (χ3v) is 5.71. The summed E-state index contributed by atoms with van der Waals surface area (Å²) in [6.07, 6.45) is 4.87. The van der Waals surface area contributed by atoms with Crippen LogP contribution in [0.15, 0.2) is 83.4 Å². The summed E-state index contributed by atoms with van der Waals surface area (Å²) in [5.41, 5.74) is 4.75. The number of pyridine rings is 1. The monoisotopic (exact) mass is 415 g/mol. The number of benzene rings is 2. The minimum absolute atomic E-state index is 0.188. The van der Waals surface area contributed by atoms with Crippen LogP contribution >= 0.6 is 11.8 Å². The largest absolute Gasteiger partial charge is 0.322 e. The van der Waals surface area contributed by atoms with E-state index >= 15 is 0 Å². The number of hydrogen-bond donors (Lipinski definition) is 1. The fraction of sp³-hybridized carbons (Fsp3) is 0.130. The van der Waals surface area contributed by atoms with E-state index in [2.05, 4.69) is 52.4 Å². The van der Waals surface area contributed by atoms with E-state index in [0.29, 0.717) is 17.1 Å². The molecule has 0 saturated heterocycles. The number of carbonyl (C=O) groups excluding carboxylic acids is 1. The Hall–Kier alpha value is -3.45. The summed E-state index contributed by atoms with van der Waals surface area (Å²) in [6, 6.07) is 17.5. The Morgan fingerprint density at radius 1 is 1.07 bits per heavy atom. The lowest BCUT2D eigenvalue weighted by atomic mass is 10.1. The SMILES string of the molecule is Cc1ccc(Sc2ncccc2C(=O)Nc2cccc(Cn3cncn3)c2)cc1C. The van der Waals surface area contributed by atoms with Gasteiger partial charge < -0.3 is 5.32 Å². The standard InChI is InChI=1S/C23H21N5OS/c1-16-8-9-20(11-17(16)2)30-23-21(7-4-10-25-23)22(29)27-19-6-3-5-18(12-19)13-28-15-24-14-26-28/h3-12,14-15H,13H2,1-2H3,(H,27,29). The Morgan fingerprint density at radius 2 is 1.97 bits per heavy atom. The van der Waals surface area contributed by atoms with Crippen molar-refractivity contribution < 1.29 is 4.79 Å². The molecule has 0 aliphatic carbocycles. The smallest absolute Gasteiger partial charge is 0.258 e. The summed E-state index contributed by atoms with van der Waals surface area (Å²) in [4.78, 5) is 22.4. The van der Waals surface area contributed by atoms with Gasteiger partial charge in [-0.2, -0.15) is 5.10 Å². The highest BCUT2D eigenvalue weighted by molar-refractivity contribution is 7.99. The number of aromatic nitrogens is 4. The molecule has 4 rings (SSSR count). The Morgan fingerprint density at radius 3 is 2.77 bits per heavy atom. The van der Waals surface area contributed by atoms with Crippen molar-refractivity contribution in [1.29, 1.82) is 0 Å². The van der Waals surface area contributed by atoms with Gasteiger partial charge in [0.15, 0.2) is 0 Å². The molecule has 0 bridgehead atoms. The van der Waals surface area contributed by atoms with Gasteiger partial charge in [0.25, 0.3) is 5.91 Å². The molecule has 0 atom stereocenters. The lowest BCUT2D eigenvalue weighted by Crippen LogP contribution is -2.14. The first-order valence-electron chi connectivity index (χ1n) is 9.51. The van der Waals surface area contributed by atoms with Crippen molar-refractivity contribution >= 4 is 23.4 Å². The zero-order chi connectivity index (χ0) is 20.9. The lowest BCUT2D eigenvalue weighted by molar-refractivity contribution is 0.102. The zero-order valence-corrected chi connectivity index (χ0v) is 17.6. The highest BCUT2D eigenvalue weighted by Gasteiger charge is 2.14. The molecule has 6 nitrogen and oxygen atoms in total. The van der Waals surface area contributed by atoms with Gasteiger partial charge in [0.2, 0.25) is 0 Å². The van der Waals surface area contributed by atoms with Crippen LogP contribution in [0.1, 0.15) is 27.0 Å². The molecule has 4 aromatic rings. The molecule has 30 heavy (non-hydrogen) atoms. The van der Waals surface area contributed by atoms with Crippen molar-refractivity contribution in [3.05, 3.63) is 95.7 Å². The van der Waals surface area contributed by atoms with Crippen molar-refractivity contribution in [1.82, 2.24) is 19.7 Å². The van der Waals surface area contributed by atoms with E-state index in [1.165, 1.54) is 29.2 Å². The molecule has 2 aromatic carbocycles. The minimum atomic E-state index is -0.188. The second-order valence-corrected chi connectivity index (χ2v) is 8.01. The van der Waals surface area contributed by atoms with Gasteiger partial charge in [-0.3, -0.25) is 4.79 Å². The molecule has 7 heteroatoms. The highest BCUT2D eigenvalue weighted by Crippen LogP contribution is 2.30. The van der Waals surface area contributed by atoms with E-state index in [-0.39, 0.29) is 5.91 Å². The van der Waals surface area contributed by atoms with E-state index in [4.69, 9.17) is 0 Å². The Labute approximate surface area is 179 Å². The molecule has 2 aromatic heterocycles. The average Bonchev–Trinajstić information content (AvgIpc) is 3.24. The maximum Gasteiger partial charge on any atom is 0.258 e. The molecule has 150 valence electrons. The van der Waals surface area contributed by atoms with Crippen LogP contribution in [0.2, 0.25) is 0 Å². The molecule has 1 N–H and O–H groups in total. The molecule has 0 spiro atoms. The normalized spacial score (nSPS) is 10.7. The molecule has 0 aliphatic rings. The minimum Gasteiger partial charge on any atom is -0.322 e. The zero-order valence-electron chi connectivity index (χ0n) is 16.7. The van der Waals surface area contributed by atoms with Crippen LogP contribution in [0, 0.1) is 13.8 Å². The van der Waals surface area contributed by atoms with E-state index in [0.717, 1.165) is 16.1 Å². The summed E-state index contributed by atoms with van der Waals surface area (Å²) < 4.78 is 1.74. The first-order chi connectivity index (χ1) is 14.6. The average molecular weight is 416 g/mol. The number of aryl methyl sites for hydroxylation is 2.